The van der Waals surface area contributed by atoms with Crippen LogP contribution in [0.3, 0.4) is 0 Å². The Morgan fingerprint density at radius 2 is 2.18 bits per heavy atom. The Morgan fingerprint density at radius 3 is 2.71 bits per heavy atom. The zero-order chi connectivity index (χ0) is 12.3. The van der Waals surface area contributed by atoms with Crippen LogP contribution in [0.15, 0.2) is 6.20 Å². The Labute approximate surface area is 105 Å². The van der Waals surface area contributed by atoms with E-state index < -0.39 is 0 Å². The summed E-state index contributed by atoms with van der Waals surface area (Å²) >= 11 is 0. The number of rotatable bonds is 5. The van der Waals surface area contributed by atoms with Gasteiger partial charge in [-0.15, -0.1) is 0 Å². The van der Waals surface area contributed by atoms with Crippen LogP contribution in [0.5, 0.6) is 0 Å². The molecule has 3 heteroatoms. The van der Waals surface area contributed by atoms with Crippen LogP contribution in [0.2, 0.25) is 0 Å². The molecule has 0 amide bonds. The summed E-state index contributed by atoms with van der Waals surface area (Å²) in [5, 5.41) is 3.72. The van der Waals surface area contributed by atoms with Gasteiger partial charge in [-0.3, -0.25) is 0 Å². The Hall–Kier alpha value is -0.830. The van der Waals surface area contributed by atoms with Gasteiger partial charge in [0.25, 0.3) is 0 Å². The summed E-state index contributed by atoms with van der Waals surface area (Å²) in [5.74, 6) is 1.91. The van der Waals surface area contributed by atoms with Crippen LogP contribution < -0.4 is 5.32 Å². The molecule has 1 unspecified atom stereocenters. The van der Waals surface area contributed by atoms with Crippen molar-refractivity contribution < 1.29 is 0 Å². The second kappa shape index (κ2) is 5.67. The van der Waals surface area contributed by atoms with Crippen molar-refractivity contribution in [1.82, 2.24) is 14.9 Å². The third-order valence-corrected chi connectivity index (χ3v) is 4.06. The fourth-order valence-electron chi connectivity index (χ4n) is 2.91. The highest BCUT2D eigenvalue weighted by Gasteiger charge is 2.27. The van der Waals surface area contributed by atoms with Crippen molar-refractivity contribution >= 4 is 0 Å². The first-order valence-corrected chi connectivity index (χ1v) is 6.95. The molecule has 0 aliphatic heterocycles. The smallest absolute Gasteiger partial charge is 0.105 e. The van der Waals surface area contributed by atoms with Crippen LogP contribution in [-0.2, 0) is 7.05 Å². The minimum atomic E-state index is 0.503. The highest BCUT2D eigenvalue weighted by Crippen LogP contribution is 2.35. The summed E-state index contributed by atoms with van der Waals surface area (Å²) in [5.41, 5.74) is 1.36. The minimum Gasteiger partial charge on any atom is -0.334 e. The minimum absolute atomic E-state index is 0.503. The predicted octanol–water partition coefficient (Wildman–Crippen LogP) is 2.96. The van der Waals surface area contributed by atoms with Crippen LogP contribution in [0.25, 0.3) is 0 Å². The van der Waals surface area contributed by atoms with Gasteiger partial charge in [0.15, 0.2) is 0 Å². The molecule has 1 saturated carbocycles. The van der Waals surface area contributed by atoms with Gasteiger partial charge >= 0.3 is 0 Å². The number of nitrogens with zero attached hydrogens (tertiary/aromatic N) is 2. The van der Waals surface area contributed by atoms with Gasteiger partial charge in [0.1, 0.15) is 5.82 Å². The molecule has 1 aromatic rings. The molecule has 1 aliphatic carbocycles. The van der Waals surface area contributed by atoms with Crippen LogP contribution in [0.4, 0.5) is 0 Å². The largest absolute Gasteiger partial charge is 0.334 e. The average molecular weight is 235 g/mol. The lowest BCUT2D eigenvalue weighted by molar-refractivity contribution is 0.354. The Balaban J connectivity index is 2.16. The molecule has 1 N–H and O–H groups in total. The van der Waals surface area contributed by atoms with Crippen molar-refractivity contribution in [2.24, 2.45) is 13.0 Å². The first kappa shape index (κ1) is 12.6. The topological polar surface area (TPSA) is 29.9 Å². The van der Waals surface area contributed by atoms with Crippen LogP contribution >= 0.6 is 0 Å². The first-order chi connectivity index (χ1) is 8.24. The normalized spacial score (nSPS) is 18.8. The molecule has 1 fully saturated rings. The van der Waals surface area contributed by atoms with E-state index in [9.17, 15) is 0 Å². The lowest BCUT2D eigenvalue weighted by Crippen LogP contribution is -2.29. The zero-order valence-electron chi connectivity index (χ0n) is 11.4. The van der Waals surface area contributed by atoms with E-state index in [0.29, 0.717) is 6.04 Å². The van der Waals surface area contributed by atoms with E-state index in [1.807, 2.05) is 0 Å². The Morgan fingerprint density at radius 1 is 1.47 bits per heavy atom. The highest BCUT2D eigenvalue weighted by atomic mass is 15.1. The third kappa shape index (κ3) is 2.71. The molecular weight excluding hydrogens is 210 g/mol. The van der Waals surface area contributed by atoms with E-state index in [1.54, 1.807) is 0 Å². The van der Waals surface area contributed by atoms with Gasteiger partial charge < -0.3 is 9.88 Å². The fourth-order valence-corrected chi connectivity index (χ4v) is 2.91. The van der Waals surface area contributed by atoms with Gasteiger partial charge in [-0.25, -0.2) is 4.98 Å². The van der Waals surface area contributed by atoms with Gasteiger partial charge in [-0.05, 0) is 38.6 Å². The second-order valence-electron chi connectivity index (χ2n) is 5.27. The molecule has 1 heterocycles. The van der Waals surface area contributed by atoms with Crippen molar-refractivity contribution in [1.29, 1.82) is 0 Å². The maximum atomic E-state index is 4.44. The van der Waals surface area contributed by atoms with Crippen LogP contribution in [0.1, 0.15) is 56.6 Å². The van der Waals surface area contributed by atoms with Crippen LogP contribution in [-0.4, -0.2) is 16.1 Å². The van der Waals surface area contributed by atoms with E-state index >= 15 is 0 Å². The molecule has 0 saturated heterocycles. The van der Waals surface area contributed by atoms with E-state index in [0.717, 1.165) is 18.3 Å². The number of aryl methyl sites for hydroxylation is 1. The van der Waals surface area contributed by atoms with E-state index in [4.69, 9.17) is 0 Å². The first-order valence-electron chi connectivity index (χ1n) is 6.95. The van der Waals surface area contributed by atoms with Gasteiger partial charge in [0, 0.05) is 7.05 Å². The fraction of sp³-hybridized carbons (Fsp3) is 0.786. The zero-order valence-corrected chi connectivity index (χ0v) is 11.4. The van der Waals surface area contributed by atoms with E-state index in [1.165, 1.54) is 37.8 Å². The summed E-state index contributed by atoms with van der Waals surface area (Å²) < 4.78 is 2.24. The van der Waals surface area contributed by atoms with E-state index in [-0.39, 0.29) is 0 Å². The lowest BCUT2D eigenvalue weighted by Gasteiger charge is -2.25. The Bertz CT molecular complexity index is 350. The quantitative estimate of drug-likeness (QED) is 0.850. The molecule has 1 aromatic heterocycles. The molecule has 3 nitrogen and oxygen atoms in total. The lowest BCUT2D eigenvalue weighted by atomic mass is 9.95. The van der Waals surface area contributed by atoms with Crippen molar-refractivity contribution in [2.45, 2.75) is 52.0 Å². The maximum absolute atomic E-state index is 4.44. The molecule has 1 aliphatic rings. The molecule has 17 heavy (non-hydrogen) atoms. The second-order valence-corrected chi connectivity index (χ2v) is 5.27. The maximum Gasteiger partial charge on any atom is 0.105 e. The number of aromatic nitrogens is 2. The van der Waals surface area contributed by atoms with Crippen molar-refractivity contribution in [2.75, 3.05) is 6.54 Å². The Kier molecular flexibility index (Phi) is 4.21. The molecule has 96 valence electrons. The number of nitrogens with one attached hydrogen (secondary N) is 1. The average Bonchev–Trinajstić information content (AvgIpc) is 2.94. The molecule has 1 atom stereocenters. The molecular formula is C14H25N3. The summed E-state index contributed by atoms with van der Waals surface area (Å²) in [6, 6.07) is 0.503. The number of imidazole rings is 1. The molecule has 0 aromatic carbocycles. The van der Waals surface area contributed by atoms with Crippen LogP contribution in [0, 0.1) is 12.8 Å². The third-order valence-electron chi connectivity index (χ3n) is 4.06. The van der Waals surface area contributed by atoms with Gasteiger partial charge in [0.2, 0.25) is 0 Å². The number of hydrogen-bond donors (Lipinski definition) is 1. The molecule has 0 bridgehead atoms. The molecule has 2 rings (SSSR count). The highest BCUT2D eigenvalue weighted by molar-refractivity contribution is 5.11. The predicted molar refractivity (Wildman–Crippen MR) is 70.9 cm³/mol. The number of hydrogen-bond acceptors (Lipinski definition) is 2. The summed E-state index contributed by atoms with van der Waals surface area (Å²) in [6.45, 7) is 5.41. The summed E-state index contributed by atoms with van der Waals surface area (Å²) in [7, 11) is 2.13. The van der Waals surface area contributed by atoms with Gasteiger partial charge in [0.05, 0.1) is 17.9 Å². The standard InChI is InChI=1S/C14H25N3/c1-4-9-15-14(12-7-5-6-8-12)13-10-16-11(2)17(13)3/h10,12,14-15H,4-9H2,1-3H3. The molecule has 0 spiro atoms. The van der Waals surface area contributed by atoms with Gasteiger partial charge in [-0.2, -0.15) is 0 Å². The SMILES string of the molecule is CCCNC(c1cnc(C)n1C)C1CCCC1. The molecule has 0 radical (unpaired) electrons. The van der Waals surface area contributed by atoms with Crippen molar-refractivity contribution in [3.05, 3.63) is 17.7 Å². The van der Waals surface area contributed by atoms with Gasteiger partial charge in [-0.1, -0.05) is 19.8 Å². The monoisotopic (exact) mass is 235 g/mol. The summed E-state index contributed by atoms with van der Waals surface area (Å²) in [6.07, 6.45) is 8.77. The van der Waals surface area contributed by atoms with E-state index in [2.05, 4.69) is 42.0 Å². The van der Waals surface area contributed by atoms with Crippen molar-refractivity contribution in [3.63, 3.8) is 0 Å². The van der Waals surface area contributed by atoms with Crippen molar-refractivity contribution in [3.8, 4) is 0 Å². The summed E-state index contributed by atoms with van der Waals surface area (Å²) in [4.78, 5) is 4.44.